The van der Waals surface area contributed by atoms with Crippen LogP contribution in [0.15, 0.2) is 22.8 Å². The van der Waals surface area contributed by atoms with Gasteiger partial charge in [0, 0.05) is 22.6 Å². The summed E-state index contributed by atoms with van der Waals surface area (Å²) in [5.41, 5.74) is -1.01. The molecule has 0 saturated carbocycles. The molecule has 1 aromatic rings. The van der Waals surface area contributed by atoms with Gasteiger partial charge in [-0.15, -0.1) is 0 Å². The van der Waals surface area contributed by atoms with Gasteiger partial charge in [0.1, 0.15) is 11.9 Å². The van der Waals surface area contributed by atoms with E-state index in [1.54, 1.807) is 6.07 Å². The maximum Gasteiger partial charge on any atom is 0.249 e. The average molecular weight is 410 g/mol. The number of amides is 1. The van der Waals surface area contributed by atoms with Crippen LogP contribution in [0.3, 0.4) is 0 Å². The monoisotopic (exact) mass is 409 g/mol. The molecule has 0 bridgehead atoms. The molecule has 0 aliphatic carbocycles. The van der Waals surface area contributed by atoms with E-state index in [2.05, 4.69) is 31.0 Å². The summed E-state index contributed by atoms with van der Waals surface area (Å²) in [6, 6.07) is 3.13. The number of aliphatic hydroxyl groups excluding tert-OH is 2. The molecule has 1 amide bonds. The molecular weight excluding hydrogens is 390 g/mol. The van der Waals surface area contributed by atoms with E-state index in [1.807, 2.05) is 0 Å². The predicted molar refractivity (Wildman–Crippen MR) is 89.2 cm³/mol. The van der Waals surface area contributed by atoms with Gasteiger partial charge >= 0.3 is 0 Å². The molecule has 23 heavy (non-hydrogen) atoms. The fourth-order valence-electron chi connectivity index (χ4n) is 1.49. The van der Waals surface area contributed by atoms with Crippen molar-refractivity contribution in [3.05, 3.63) is 22.8 Å². The molecule has 1 aromatic heterocycles. The molecule has 1 heterocycles. The normalized spacial score (nSPS) is 13.4. The number of carbonyl (C=O) groups excluding carboxylic acids is 1. The summed E-state index contributed by atoms with van der Waals surface area (Å²) in [5.74, 6) is -0.940. The van der Waals surface area contributed by atoms with Crippen molar-refractivity contribution in [3.63, 3.8) is 0 Å². The van der Waals surface area contributed by atoms with E-state index in [0.717, 1.165) is 0 Å². The standard InChI is InChI=1S/C13H20BrN3O5S/c1-13(2,8-18)11(19)12(20)15-5-6-23(21,22)17-10-4-3-9(14)7-16-10/h3-4,7,11,18-19H,5-6,8H2,1-2H3,(H,15,20)(H,16,17). The molecule has 0 aromatic carbocycles. The summed E-state index contributed by atoms with van der Waals surface area (Å²) in [5, 5.41) is 21.2. The molecule has 8 nitrogen and oxygen atoms in total. The Balaban J connectivity index is 2.51. The first-order chi connectivity index (χ1) is 10.6. The van der Waals surface area contributed by atoms with Crippen LogP contribution < -0.4 is 10.0 Å². The molecular formula is C13H20BrN3O5S. The number of aliphatic hydroxyl groups is 2. The summed E-state index contributed by atoms with van der Waals surface area (Å²) in [7, 11) is -3.68. The van der Waals surface area contributed by atoms with Gasteiger partial charge in [-0.1, -0.05) is 13.8 Å². The Bertz CT molecular complexity index is 634. The number of sulfonamides is 1. The number of hydrogen-bond acceptors (Lipinski definition) is 6. The lowest BCUT2D eigenvalue weighted by atomic mass is 9.87. The van der Waals surface area contributed by atoms with Crippen LogP contribution in [0.4, 0.5) is 5.82 Å². The fraction of sp³-hybridized carbons (Fsp3) is 0.538. The van der Waals surface area contributed by atoms with Gasteiger partial charge < -0.3 is 15.5 Å². The van der Waals surface area contributed by atoms with E-state index < -0.39 is 27.4 Å². The van der Waals surface area contributed by atoms with Crippen LogP contribution >= 0.6 is 15.9 Å². The van der Waals surface area contributed by atoms with Crippen LogP contribution in [0.1, 0.15) is 13.8 Å². The van der Waals surface area contributed by atoms with Crippen LogP contribution in [0.25, 0.3) is 0 Å². The van der Waals surface area contributed by atoms with Gasteiger partial charge in [0.05, 0.1) is 12.4 Å². The lowest BCUT2D eigenvalue weighted by molar-refractivity contribution is -0.136. The van der Waals surface area contributed by atoms with Crippen molar-refractivity contribution >= 4 is 37.7 Å². The van der Waals surface area contributed by atoms with Gasteiger partial charge in [0.15, 0.2) is 0 Å². The van der Waals surface area contributed by atoms with Gasteiger partial charge in [-0.2, -0.15) is 0 Å². The smallest absolute Gasteiger partial charge is 0.249 e. The van der Waals surface area contributed by atoms with Crippen molar-refractivity contribution in [2.75, 3.05) is 23.6 Å². The maximum absolute atomic E-state index is 11.9. The molecule has 0 spiro atoms. The van der Waals surface area contributed by atoms with Crippen molar-refractivity contribution in [3.8, 4) is 0 Å². The Kier molecular flexibility index (Phi) is 6.93. The SMILES string of the molecule is CC(C)(CO)C(O)C(=O)NCCS(=O)(=O)Nc1ccc(Br)cn1. The number of aromatic nitrogens is 1. The zero-order valence-electron chi connectivity index (χ0n) is 12.8. The topological polar surface area (TPSA) is 129 Å². The van der Waals surface area contributed by atoms with Crippen molar-refractivity contribution in [1.82, 2.24) is 10.3 Å². The number of anilines is 1. The highest BCUT2D eigenvalue weighted by Gasteiger charge is 2.32. The highest BCUT2D eigenvalue weighted by molar-refractivity contribution is 9.10. The third-order valence-electron chi connectivity index (χ3n) is 3.05. The van der Waals surface area contributed by atoms with Crippen molar-refractivity contribution in [2.45, 2.75) is 20.0 Å². The Labute approximate surface area is 143 Å². The van der Waals surface area contributed by atoms with Crippen LogP contribution in [0, 0.1) is 5.41 Å². The zero-order valence-corrected chi connectivity index (χ0v) is 15.2. The second-order valence-corrected chi connectivity index (χ2v) is 8.38. The summed E-state index contributed by atoms with van der Waals surface area (Å²) >= 11 is 3.19. The third kappa shape index (κ3) is 6.42. The van der Waals surface area contributed by atoms with Gasteiger partial charge in [-0.25, -0.2) is 13.4 Å². The van der Waals surface area contributed by atoms with Crippen LogP contribution in [-0.2, 0) is 14.8 Å². The molecule has 0 radical (unpaired) electrons. The Morgan fingerprint density at radius 1 is 1.43 bits per heavy atom. The maximum atomic E-state index is 11.9. The van der Waals surface area contributed by atoms with E-state index in [0.29, 0.717) is 4.47 Å². The van der Waals surface area contributed by atoms with E-state index >= 15 is 0 Å². The lowest BCUT2D eigenvalue weighted by Gasteiger charge is -2.27. The number of hydrogen-bond donors (Lipinski definition) is 4. The predicted octanol–water partition coefficient (Wildman–Crippen LogP) is 0.0814. The summed E-state index contributed by atoms with van der Waals surface area (Å²) < 4.78 is 26.7. The molecule has 1 rings (SSSR count). The van der Waals surface area contributed by atoms with Gasteiger partial charge in [-0.05, 0) is 28.1 Å². The minimum Gasteiger partial charge on any atom is -0.396 e. The minimum absolute atomic E-state index is 0.168. The van der Waals surface area contributed by atoms with Crippen LogP contribution in [-0.4, -0.2) is 54.5 Å². The van der Waals surface area contributed by atoms with Gasteiger partial charge in [0.2, 0.25) is 15.9 Å². The first-order valence-corrected chi connectivity index (χ1v) is 9.20. The molecule has 0 aliphatic heterocycles. The van der Waals surface area contributed by atoms with Crippen molar-refractivity contribution in [1.29, 1.82) is 0 Å². The first kappa shape index (κ1) is 19.8. The number of nitrogens with one attached hydrogen (secondary N) is 2. The number of halogens is 1. The average Bonchev–Trinajstić information content (AvgIpc) is 2.48. The Morgan fingerprint density at radius 3 is 2.61 bits per heavy atom. The number of rotatable bonds is 8. The molecule has 0 saturated heterocycles. The highest BCUT2D eigenvalue weighted by Crippen LogP contribution is 2.19. The number of pyridine rings is 1. The molecule has 4 N–H and O–H groups in total. The minimum atomic E-state index is -3.68. The fourth-order valence-corrected chi connectivity index (χ4v) is 2.64. The first-order valence-electron chi connectivity index (χ1n) is 6.76. The second-order valence-electron chi connectivity index (χ2n) is 5.62. The number of nitrogens with zero attached hydrogens (tertiary/aromatic N) is 1. The van der Waals surface area contributed by atoms with Crippen LogP contribution in [0.5, 0.6) is 0 Å². The summed E-state index contributed by atoms with van der Waals surface area (Å²) in [4.78, 5) is 15.6. The number of carbonyl (C=O) groups is 1. The molecule has 0 fully saturated rings. The van der Waals surface area contributed by atoms with Crippen LogP contribution in [0.2, 0.25) is 0 Å². The van der Waals surface area contributed by atoms with Gasteiger partial charge in [-0.3, -0.25) is 9.52 Å². The van der Waals surface area contributed by atoms with E-state index in [-0.39, 0.29) is 24.7 Å². The quantitative estimate of drug-likeness (QED) is 0.481. The highest BCUT2D eigenvalue weighted by atomic mass is 79.9. The molecule has 10 heteroatoms. The Hall–Kier alpha value is -1.23. The molecule has 130 valence electrons. The van der Waals surface area contributed by atoms with Gasteiger partial charge in [0.25, 0.3) is 0 Å². The van der Waals surface area contributed by atoms with Crippen molar-refractivity contribution < 1.29 is 23.4 Å². The zero-order chi connectivity index (χ0) is 17.7. The second kappa shape index (κ2) is 8.04. The Morgan fingerprint density at radius 2 is 2.09 bits per heavy atom. The van der Waals surface area contributed by atoms with E-state index in [1.165, 1.54) is 26.1 Å². The molecule has 1 unspecified atom stereocenters. The van der Waals surface area contributed by atoms with E-state index in [9.17, 15) is 18.3 Å². The largest absolute Gasteiger partial charge is 0.396 e. The van der Waals surface area contributed by atoms with E-state index in [4.69, 9.17) is 5.11 Å². The van der Waals surface area contributed by atoms with Crippen molar-refractivity contribution in [2.24, 2.45) is 5.41 Å². The molecule has 1 atom stereocenters. The third-order valence-corrected chi connectivity index (χ3v) is 4.78. The molecule has 0 aliphatic rings. The lowest BCUT2D eigenvalue weighted by Crippen LogP contribution is -2.46. The summed E-state index contributed by atoms with van der Waals surface area (Å²) in [6.07, 6.45) is 0.0174. The summed E-state index contributed by atoms with van der Waals surface area (Å²) in [6.45, 7) is 2.49.